The van der Waals surface area contributed by atoms with Crippen molar-refractivity contribution in [2.45, 2.75) is 32.2 Å². The second-order valence-electron chi connectivity index (χ2n) is 12.7. The van der Waals surface area contributed by atoms with Crippen molar-refractivity contribution in [3.05, 3.63) is 131 Å². The fraction of sp³-hybridized carbons (Fsp3) is 0.200. The third kappa shape index (κ3) is 6.22. The third-order valence-electron chi connectivity index (χ3n) is 9.64. The molecule has 2 aromatic heterocycles. The van der Waals surface area contributed by atoms with Gasteiger partial charge in [0.25, 0.3) is 11.8 Å². The lowest BCUT2D eigenvalue weighted by Gasteiger charge is -2.39. The minimum atomic E-state index is -1.23. The van der Waals surface area contributed by atoms with Gasteiger partial charge in [-0.2, -0.15) is 0 Å². The number of benzene rings is 4. The summed E-state index contributed by atoms with van der Waals surface area (Å²) in [4.78, 5) is 47.5. The summed E-state index contributed by atoms with van der Waals surface area (Å²) in [7, 11) is 1.32. The zero-order valence-corrected chi connectivity index (χ0v) is 28.4. The monoisotopic (exact) mass is 682 g/mol. The van der Waals surface area contributed by atoms with Gasteiger partial charge in [-0.05, 0) is 61.4 Å². The number of hydrogen-bond acceptors (Lipinski definition) is 7. The Labute approximate surface area is 293 Å². The number of aryl methyl sites for hydroxylation is 1. The summed E-state index contributed by atoms with van der Waals surface area (Å²) in [6.07, 6.45) is 2.08. The van der Waals surface area contributed by atoms with E-state index in [-0.39, 0.29) is 37.7 Å². The van der Waals surface area contributed by atoms with Crippen LogP contribution in [0.4, 0.5) is 10.1 Å². The highest BCUT2D eigenvalue weighted by Gasteiger charge is 2.46. The molecule has 3 heterocycles. The molecular formula is C40H35FN6O4. The molecule has 256 valence electrons. The van der Waals surface area contributed by atoms with Crippen LogP contribution in [0.1, 0.15) is 44.7 Å². The number of halogens is 1. The lowest BCUT2D eigenvalue weighted by molar-refractivity contribution is -0.154. The summed E-state index contributed by atoms with van der Waals surface area (Å²) in [5.41, 5.74) is 4.86. The fourth-order valence-electron chi connectivity index (χ4n) is 6.79. The number of likely N-dealkylation sites (tertiary alicyclic amines) is 1. The van der Waals surface area contributed by atoms with E-state index in [1.165, 1.54) is 23.9 Å². The molecule has 1 N–H and O–H groups in total. The average Bonchev–Trinajstić information content (AvgIpc) is 3.66. The molecule has 0 saturated carbocycles. The van der Waals surface area contributed by atoms with E-state index in [0.717, 1.165) is 11.1 Å². The quantitative estimate of drug-likeness (QED) is 0.181. The van der Waals surface area contributed by atoms with Crippen molar-refractivity contribution in [3.8, 4) is 22.5 Å². The molecule has 7 rings (SSSR count). The molecule has 1 saturated heterocycles. The summed E-state index contributed by atoms with van der Waals surface area (Å²) >= 11 is 0. The van der Waals surface area contributed by atoms with Crippen molar-refractivity contribution >= 4 is 34.4 Å². The molecule has 51 heavy (non-hydrogen) atoms. The number of piperidine rings is 1. The van der Waals surface area contributed by atoms with Gasteiger partial charge in [-0.15, -0.1) is 5.10 Å². The molecule has 11 heteroatoms. The Kier molecular flexibility index (Phi) is 8.86. The van der Waals surface area contributed by atoms with E-state index in [1.54, 1.807) is 23.2 Å². The van der Waals surface area contributed by atoms with E-state index in [9.17, 15) is 18.8 Å². The molecule has 1 aliphatic rings. The standard InChI is InChI=1S/C40H35FN6O4/c1-25-14-15-28(22-31(25)37(48)42-30-12-8-5-9-13-30)34-24-47(45-44-34)40(39(50)51-3)18-20-46(21-19-40)38(49)35-26(2)36(27-10-6-4-7-11-27)43-33-17-16-29(41)23-32(33)35/h4-17,22-24H,18-21H2,1-3H3,(H,42,48). The number of anilines is 1. The SMILES string of the molecule is COC(=O)C1(n2cc(-c3ccc(C)c(C(=O)Nc4ccccc4)c3)nn2)CCN(C(=O)c2c(C)c(-c3ccccc3)nc3ccc(F)cc23)CC1. The molecule has 0 unspecified atom stereocenters. The highest BCUT2D eigenvalue weighted by molar-refractivity contribution is 6.09. The number of fused-ring (bicyclic) bond motifs is 1. The van der Waals surface area contributed by atoms with Gasteiger partial charge in [-0.25, -0.2) is 18.9 Å². The number of nitrogens with one attached hydrogen (secondary N) is 1. The van der Waals surface area contributed by atoms with Gasteiger partial charge in [0.1, 0.15) is 11.5 Å². The largest absolute Gasteiger partial charge is 0.467 e. The van der Waals surface area contributed by atoms with E-state index >= 15 is 0 Å². The van der Waals surface area contributed by atoms with Crippen LogP contribution in [-0.2, 0) is 15.1 Å². The lowest BCUT2D eigenvalue weighted by atomic mass is 9.86. The van der Waals surface area contributed by atoms with Crippen molar-refractivity contribution in [2.75, 3.05) is 25.5 Å². The van der Waals surface area contributed by atoms with Crippen molar-refractivity contribution in [1.82, 2.24) is 24.9 Å². The molecule has 4 aromatic carbocycles. The number of ether oxygens (including phenoxy) is 1. The number of nitrogens with zero attached hydrogens (tertiary/aromatic N) is 5. The number of carbonyl (C=O) groups is 3. The van der Waals surface area contributed by atoms with Crippen molar-refractivity contribution in [1.29, 1.82) is 0 Å². The molecule has 6 aromatic rings. The van der Waals surface area contributed by atoms with Crippen molar-refractivity contribution < 1.29 is 23.5 Å². The van der Waals surface area contributed by atoms with Gasteiger partial charge >= 0.3 is 5.97 Å². The number of hydrogen-bond donors (Lipinski definition) is 1. The van der Waals surface area contributed by atoms with Gasteiger partial charge in [0.15, 0.2) is 5.54 Å². The normalized spacial score (nSPS) is 13.9. The first-order valence-electron chi connectivity index (χ1n) is 16.6. The molecule has 0 spiro atoms. The number of pyridine rings is 1. The topological polar surface area (TPSA) is 119 Å². The minimum Gasteiger partial charge on any atom is -0.467 e. The maximum atomic E-state index is 14.5. The first-order valence-corrected chi connectivity index (χ1v) is 16.6. The number of para-hydroxylation sites is 1. The zero-order valence-electron chi connectivity index (χ0n) is 28.4. The van der Waals surface area contributed by atoms with E-state index in [0.29, 0.717) is 50.2 Å². The van der Waals surface area contributed by atoms with Crippen LogP contribution in [0.15, 0.2) is 103 Å². The van der Waals surface area contributed by atoms with Gasteiger partial charge in [-0.3, -0.25) is 9.59 Å². The number of aromatic nitrogens is 4. The van der Waals surface area contributed by atoms with Crippen molar-refractivity contribution in [3.63, 3.8) is 0 Å². The van der Waals surface area contributed by atoms with Crippen LogP contribution in [0.2, 0.25) is 0 Å². The number of carbonyl (C=O) groups excluding carboxylic acids is 3. The van der Waals surface area contributed by atoms with Crippen LogP contribution < -0.4 is 5.32 Å². The minimum absolute atomic E-state index is 0.203. The maximum absolute atomic E-state index is 14.5. The smallest absolute Gasteiger partial charge is 0.334 e. The number of rotatable bonds is 7. The molecule has 10 nitrogen and oxygen atoms in total. The first-order chi connectivity index (χ1) is 24.7. The van der Waals surface area contributed by atoms with Crippen LogP contribution in [-0.4, -0.2) is 62.9 Å². The number of esters is 1. The molecule has 2 amide bonds. The summed E-state index contributed by atoms with van der Waals surface area (Å²) in [6, 6.07) is 28.5. The first kappa shape index (κ1) is 33.3. The third-order valence-corrected chi connectivity index (χ3v) is 9.64. The van der Waals surface area contributed by atoms with Crippen LogP contribution in [0.3, 0.4) is 0 Å². The van der Waals surface area contributed by atoms with Crippen LogP contribution in [0.5, 0.6) is 0 Å². The zero-order chi connectivity index (χ0) is 35.7. The maximum Gasteiger partial charge on any atom is 0.334 e. The van der Waals surface area contributed by atoms with Crippen LogP contribution in [0.25, 0.3) is 33.4 Å². The molecule has 0 atom stereocenters. The van der Waals surface area contributed by atoms with Gasteiger partial charge in [0.2, 0.25) is 0 Å². The van der Waals surface area contributed by atoms with Crippen LogP contribution in [0, 0.1) is 19.7 Å². The van der Waals surface area contributed by atoms with E-state index < -0.39 is 17.3 Å². The van der Waals surface area contributed by atoms with Gasteiger partial charge in [0.05, 0.1) is 30.1 Å². The Morgan fingerprint density at radius 3 is 2.27 bits per heavy atom. The summed E-state index contributed by atoms with van der Waals surface area (Å²) in [5, 5.41) is 12.1. The second-order valence-corrected chi connectivity index (χ2v) is 12.7. The average molecular weight is 683 g/mol. The summed E-state index contributed by atoms with van der Waals surface area (Å²) < 4.78 is 21.3. The summed E-state index contributed by atoms with van der Waals surface area (Å²) in [5.74, 6) is -1.50. The summed E-state index contributed by atoms with van der Waals surface area (Å²) in [6.45, 7) is 4.10. The molecule has 1 aliphatic heterocycles. The van der Waals surface area contributed by atoms with Gasteiger partial charge in [-0.1, -0.05) is 65.9 Å². The Balaban J connectivity index is 1.17. The van der Waals surface area contributed by atoms with Gasteiger partial charge in [0, 0.05) is 53.7 Å². The second kappa shape index (κ2) is 13.6. The van der Waals surface area contributed by atoms with E-state index in [4.69, 9.17) is 9.72 Å². The van der Waals surface area contributed by atoms with E-state index in [2.05, 4.69) is 15.6 Å². The van der Waals surface area contributed by atoms with Gasteiger partial charge < -0.3 is 15.0 Å². The predicted octanol–water partition coefficient (Wildman–Crippen LogP) is 6.97. The molecule has 1 fully saturated rings. The molecule has 0 radical (unpaired) electrons. The number of amides is 2. The molecule has 0 bridgehead atoms. The van der Waals surface area contributed by atoms with Crippen LogP contribution >= 0.6 is 0 Å². The Morgan fingerprint density at radius 1 is 0.863 bits per heavy atom. The Bertz CT molecular complexity index is 2280. The fourth-order valence-corrected chi connectivity index (χ4v) is 6.79. The Hall–Kier alpha value is -6.23. The predicted molar refractivity (Wildman–Crippen MR) is 192 cm³/mol. The molecule has 0 aliphatic carbocycles. The van der Waals surface area contributed by atoms with E-state index in [1.807, 2.05) is 86.6 Å². The van der Waals surface area contributed by atoms with Crippen molar-refractivity contribution in [2.24, 2.45) is 0 Å². The molecular weight excluding hydrogens is 647 g/mol. The highest BCUT2D eigenvalue weighted by Crippen LogP contribution is 2.36. The number of methoxy groups -OCH3 is 1. The Morgan fingerprint density at radius 2 is 1.57 bits per heavy atom. The highest BCUT2D eigenvalue weighted by atomic mass is 19.1. The lowest BCUT2D eigenvalue weighted by Crippen LogP contribution is -2.53.